The highest BCUT2D eigenvalue weighted by atomic mass is 16.6. The van der Waals surface area contributed by atoms with Crippen molar-refractivity contribution >= 4 is 11.5 Å². The van der Waals surface area contributed by atoms with Gasteiger partial charge in [0.15, 0.2) is 0 Å². The average Bonchev–Trinajstić information content (AvgIpc) is 2.53. The van der Waals surface area contributed by atoms with Crippen molar-refractivity contribution in [3.8, 4) is 11.6 Å². The molecule has 0 unspecified atom stereocenters. The summed E-state index contributed by atoms with van der Waals surface area (Å²) in [6.45, 7) is 2.99. The number of benzene rings is 1. The van der Waals surface area contributed by atoms with E-state index in [1.807, 2.05) is 19.1 Å². The fraction of sp³-hybridized carbons (Fsp3) is 0.333. The van der Waals surface area contributed by atoms with Crippen LogP contribution in [0, 0.1) is 17.0 Å². The quantitative estimate of drug-likeness (QED) is 0.454. The van der Waals surface area contributed by atoms with Gasteiger partial charge >= 0.3 is 11.6 Å². The monoisotopic (exact) mass is 318 g/mol. The lowest BCUT2D eigenvalue weighted by Gasteiger charge is -2.09. The third-order valence-electron chi connectivity index (χ3n) is 3.02. The van der Waals surface area contributed by atoms with Crippen LogP contribution in [-0.4, -0.2) is 35.2 Å². The van der Waals surface area contributed by atoms with Gasteiger partial charge in [0.25, 0.3) is 0 Å². The number of nitrogens with zero attached hydrogens (tertiary/aromatic N) is 3. The summed E-state index contributed by atoms with van der Waals surface area (Å²) < 4.78 is 10.5. The summed E-state index contributed by atoms with van der Waals surface area (Å²) in [4.78, 5) is 18.6. The number of aromatic nitrogens is 2. The van der Waals surface area contributed by atoms with E-state index >= 15 is 0 Å². The SMILES string of the molecule is COCCCNc1ncnc(Oc2ccc(C)cc2)c1[N+](=O)[O-]. The van der Waals surface area contributed by atoms with Crippen LogP contribution in [0.1, 0.15) is 12.0 Å². The molecule has 2 aromatic rings. The molecule has 1 aromatic carbocycles. The van der Waals surface area contributed by atoms with E-state index in [0.717, 1.165) is 5.56 Å². The number of anilines is 1. The lowest BCUT2D eigenvalue weighted by molar-refractivity contribution is -0.385. The fourth-order valence-corrected chi connectivity index (χ4v) is 1.87. The van der Waals surface area contributed by atoms with E-state index in [2.05, 4.69) is 15.3 Å². The first kappa shape index (κ1) is 16.6. The predicted octanol–water partition coefficient (Wildman–Crippen LogP) is 2.93. The maximum absolute atomic E-state index is 11.4. The molecule has 0 aliphatic rings. The van der Waals surface area contributed by atoms with Crippen molar-refractivity contribution in [3.05, 3.63) is 46.3 Å². The summed E-state index contributed by atoms with van der Waals surface area (Å²) in [5.74, 6) is 0.508. The second kappa shape index (κ2) is 8.04. The number of ether oxygens (including phenoxy) is 2. The van der Waals surface area contributed by atoms with Gasteiger partial charge in [0.1, 0.15) is 12.1 Å². The molecule has 0 bridgehead atoms. The number of nitrogens with one attached hydrogen (secondary N) is 1. The maximum Gasteiger partial charge on any atom is 0.373 e. The molecule has 0 saturated carbocycles. The molecule has 0 spiro atoms. The average molecular weight is 318 g/mol. The Morgan fingerprint density at radius 3 is 2.65 bits per heavy atom. The van der Waals surface area contributed by atoms with E-state index in [4.69, 9.17) is 9.47 Å². The molecule has 1 N–H and O–H groups in total. The van der Waals surface area contributed by atoms with Crippen molar-refractivity contribution in [1.82, 2.24) is 9.97 Å². The summed E-state index contributed by atoms with van der Waals surface area (Å²) in [6, 6.07) is 7.16. The lowest BCUT2D eigenvalue weighted by atomic mass is 10.2. The zero-order valence-corrected chi connectivity index (χ0v) is 13.0. The molecule has 0 aliphatic carbocycles. The van der Waals surface area contributed by atoms with Gasteiger partial charge in [-0.25, -0.2) is 4.98 Å². The smallest absolute Gasteiger partial charge is 0.373 e. The van der Waals surface area contributed by atoms with Crippen molar-refractivity contribution in [3.63, 3.8) is 0 Å². The fourth-order valence-electron chi connectivity index (χ4n) is 1.87. The first-order valence-electron chi connectivity index (χ1n) is 7.08. The number of nitro groups is 1. The Kier molecular flexibility index (Phi) is 5.81. The molecule has 0 amide bonds. The van der Waals surface area contributed by atoms with E-state index in [0.29, 0.717) is 25.3 Å². The van der Waals surface area contributed by atoms with Crippen molar-refractivity contribution in [2.45, 2.75) is 13.3 Å². The van der Waals surface area contributed by atoms with Crippen LogP contribution in [0.4, 0.5) is 11.5 Å². The van der Waals surface area contributed by atoms with Crippen molar-refractivity contribution < 1.29 is 14.4 Å². The molecule has 0 radical (unpaired) electrons. The van der Waals surface area contributed by atoms with Crippen LogP contribution in [0.25, 0.3) is 0 Å². The highest BCUT2D eigenvalue weighted by Gasteiger charge is 2.24. The summed E-state index contributed by atoms with van der Waals surface area (Å²) >= 11 is 0. The standard InChI is InChI=1S/C15H18N4O4/c1-11-4-6-12(7-5-11)23-15-13(19(20)21)14(17-10-18-15)16-8-3-9-22-2/h4-7,10H,3,8-9H2,1-2H3,(H,16,17,18). The molecule has 122 valence electrons. The van der Waals surface area contributed by atoms with E-state index < -0.39 is 4.92 Å². The Balaban J connectivity index is 2.21. The van der Waals surface area contributed by atoms with Gasteiger partial charge in [-0.05, 0) is 25.5 Å². The highest BCUT2D eigenvalue weighted by Crippen LogP contribution is 2.33. The van der Waals surface area contributed by atoms with Crippen LogP contribution in [0.15, 0.2) is 30.6 Å². The minimum absolute atomic E-state index is 0.0944. The maximum atomic E-state index is 11.4. The summed E-state index contributed by atoms with van der Waals surface area (Å²) in [5.41, 5.74) is 0.778. The van der Waals surface area contributed by atoms with Gasteiger partial charge in [0.2, 0.25) is 5.82 Å². The normalized spacial score (nSPS) is 10.3. The third kappa shape index (κ3) is 4.62. The molecule has 1 heterocycles. The molecule has 0 aliphatic heterocycles. The number of methoxy groups -OCH3 is 1. The zero-order chi connectivity index (χ0) is 16.7. The Hall–Kier alpha value is -2.74. The highest BCUT2D eigenvalue weighted by molar-refractivity contribution is 5.61. The van der Waals surface area contributed by atoms with Gasteiger partial charge in [-0.2, -0.15) is 4.98 Å². The number of rotatable bonds is 8. The van der Waals surface area contributed by atoms with Crippen molar-refractivity contribution in [2.24, 2.45) is 0 Å². The molecule has 0 saturated heterocycles. The van der Waals surface area contributed by atoms with Gasteiger partial charge in [0, 0.05) is 20.3 Å². The van der Waals surface area contributed by atoms with Crippen molar-refractivity contribution in [2.75, 3.05) is 25.6 Å². The van der Waals surface area contributed by atoms with E-state index in [1.165, 1.54) is 6.33 Å². The van der Waals surface area contributed by atoms with Gasteiger partial charge in [-0.1, -0.05) is 17.7 Å². The minimum Gasteiger partial charge on any atom is -0.434 e. The minimum atomic E-state index is -0.553. The van der Waals surface area contributed by atoms with Gasteiger partial charge in [-0.3, -0.25) is 10.1 Å². The molecular formula is C15H18N4O4. The largest absolute Gasteiger partial charge is 0.434 e. The van der Waals surface area contributed by atoms with Crippen molar-refractivity contribution in [1.29, 1.82) is 0 Å². The molecule has 23 heavy (non-hydrogen) atoms. The van der Waals surface area contributed by atoms with E-state index in [9.17, 15) is 10.1 Å². The predicted molar refractivity (Wildman–Crippen MR) is 84.9 cm³/mol. The van der Waals surface area contributed by atoms with E-state index in [-0.39, 0.29) is 17.4 Å². The summed E-state index contributed by atoms with van der Waals surface area (Å²) in [5, 5.41) is 14.3. The Labute approximate surface area is 133 Å². The van der Waals surface area contributed by atoms with Crippen LogP contribution < -0.4 is 10.1 Å². The van der Waals surface area contributed by atoms with E-state index in [1.54, 1.807) is 19.2 Å². The first-order chi connectivity index (χ1) is 11.1. The second-order valence-electron chi connectivity index (χ2n) is 4.82. The van der Waals surface area contributed by atoms with Crippen LogP contribution in [0.2, 0.25) is 0 Å². The van der Waals surface area contributed by atoms with Crippen LogP contribution in [-0.2, 0) is 4.74 Å². The zero-order valence-electron chi connectivity index (χ0n) is 13.0. The van der Waals surface area contributed by atoms with Crippen LogP contribution >= 0.6 is 0 Å². The third-order valence-corrected chi connectivity index (χ3v) is 3.02. The lowest BCUT2D eigenvalue weighted by Crippen LogP contribution is -2.09. The molecule has 8 nitrogen and oxygen atoms in total. The number of hydrogen-bond donors (Lipinski definition) is 1. The van der Waals surface area contributed by atoms with Crippen LogP contribution in [0.3, 0.4) is 0 Å². The van der Waals surface area contributed by atoms with Gasteiger partial charge < -0.3 is 14.8 Å². The molecular weight excluding hydrogens is 300 g/mol. The molecule has 2 rings (SSSR count). The molecule has 0 atom stereocenters. The Morgan fingerprint density at radius 1 is 1.26 bits per heavy atom. The molecule has 0 fully saturated rings. The molecule has 8 heteroatoms. The Morgan fingerprint density at radius 2 is 2.00 bits per heavy atom. The van der Waals surface area contributed by atoms with Gasteiger partial charge in [0.05, 0.1) is 4.92 Å². The number of hydrogen-bond acceptors (Lipinski definition) is 7. The number of aryl methyl sites for hydroxylation is 1. The Bertz CT molecular complexity index is 661. The summed E-state index contributed by atoms with van der Waals surface area (Å²) in [7, 11) is 1.60. The van der Waals surface area contributed by atoms with Crippen LogP contribution in [0.5, 0.6) is 11.6 Å². The topological polar surface area (TPSA) is 99.4 Å². The molecule has 1 aromatic heterocycles. The summed E-state index contributed by atoms with van der Waals surface area (Å²) in [6.07, 6.45) is 1.93. The first-order valence-corrected chi connectivity index (χ1v) is 7.08. The van der Waals surface area contributed by atoms with Gasteiger partial charge in [-0.15, -0.1) is 0 Å². The second-order valence-corrected chi connectivity index (χ2v) is 4.82.